The number of azo groups is 1. The molecule has 1 fully saturated rings. The zero-order valence-corrected chi connectivity index (χ0v) is 12.8. The van der Waals surface area contributed by atoms with Crippen LogP contribution in [0.3, 0.4) is 0 Å². The normalized spacial score (nSPS) is 22.0. The third-order valence-corrected chi connectivity index (χ3v) is 4.55. The third kappa shape index (κ3) is 2.23. The summed E-state index contributed by atoms with van der Waals surface area (Å²) in [6, 6.07) is 5.30. The van der Waals surface area contributed by atoms with E-state index in [2.05, 4.69) is 20.1 Å². The van der Waals surface area contributed by atoms with Crippen LogP contribution in [0.15, 0.2) is 33.2 Å². The van der Waals surface area contributed by atoms with E-state index in [0.29, 0.717) is 16.4 Å². The van der Waals surface area contributed by atoms with Crippen LogP contribution in [-0.4, -0.2) is 27.5 Å². The first-order valence-electron chi connectivity index (χ1n) is 7.61. The summed E-state index contributed by atoms with van der Waals surface area (Å²) in [6.45, 7) is 1.98. The van der Waals surface area contributed by atoms with Gasteiger partial charge in [-0.05, 0) is 31.0 Å². The maximum atomic E-state index is 12.1. The van der Waals surface area contributed by atoms with E-state index in [4.69, 9.17) is 11.6 Å². The standard InChI is InChI=1S/C15H16ClN5O/c16-10-5-6-12-11(9-10)13(22)17-14-18-19-15(21(12)14)20-7-3-1-2-4-8-20/h5-6,9,15H,1-4,7-8H2. The Balaban J connectivity index is 1.86. The average Bonchev–Trinajstić information content (AvgIpc) is 2.75. The molecule has 0 amide bonds. The maximum Gasteiger partial charge on any atom is 0.282 e. The van der Waals surface area contributed by atoms with Crippen molar-refractivity contribution in [1.29, 1.82) is 0 Å². The number of hydrogen-bond donors (Lipinski definition) is 0. The number of hydrogen-bond acceptors (Lipinski definition) is 5. The molecule has 0 saturated carbocycles. The zero-order valence-electron chi connectivity index (χ0n) is 12.1. The van der Waals surface area contributed by atoms with Gasteiger partial charge in [0, 0.05) is 18.1 Å². The molecule has 1 unspecified atom stereocenters. The summed E-state index contributed by atoms with van der Waals surface area (Å²) >= 11 is 6.02. The van der Waals surface area contributed by atoms with Crippen molar-refractivity contribution in [2.75, 3.05) is 13.1 Å². The summed E-state index contributed by atoms with van der Waals surface area (Å²) in [5.74, 6) is 0.383. The summed E-state index contributed by atoms with van der Waals surface area (Å²) in [4.78, 5) is 18.5. The molecular weight excluding hydrogens is 302 g/mol. The summed E-state index contributed by atoms with van der Waals surface area (Å²) in [5.41, 5.74) is 0.484. The van der Waals surface area contributed by atoms with E-state index >= 15 is 0 Å². The van der Waals surface area contributed by atoms with Crippen molar-refractivity contribution in [2.45, 2.75) is 32.0 Å². The van der Waals surface area contributed by atoms with E-state index in [1.165, 1.54) is 25.7 Å². The Morgan fingerprint density at radius 2 is 1.91 bits per heavy atom. The number of benzene rings is 1. The van der Waals surface area contributed by atoms with E-state index in [1.807, 2.05) is 10.6 Å². The molecule has 1 saturated heterocycles. The van der Waals surface area contributed by atoms with Crippen LogP contribution in [0.5, 0.6) is 0 Å². The van der Waals surface area contributed by atoms with Gasteiger partial charge < -0.3 is 0 Å². The minimum absolute atomic E-state index is 0.204. The highest BCUT2D eigenvalue weighted by atomic mass is 35.5. The van der Waals surface area contributed by atoms with E-state index in [1.54, 1.807) is 12.1 Å². The molecule has 0 radical (unpaired) electrons. The molecule has 1 atom stereocenters. The molecule has 0 N–H and O–H groups in total. The van der Waals surface area contributed by atoms with Gasteiger partial charge in [-0.15, -0.1) is 10.2 Å². The van der Waals surface area contributed by atoms with Crippen molar-refractivity contribution in [3.05, 3.63) is 33.6 Å². The second kappa shape index (κ2) is 5.44. The van der Waals surface area contributed by atoms with Crippen molar-refractivity contribution in [2.24, 2.45) is 10.2 Å². The summed E-state index contributed by atoms with van der Waals surface area (Å²) < 4.78 is 1.94. The lowest BCUT2D eigenvalue weighted by atomic mass is 10.2. The highest BCUT2D eigenvalue weighted by Crippen LogP contribution is 2.33. The fourth-order valence-corrected chi connectivity index (χ4v) is 3.39. The molecule has 1 aromatic carbocycles. The first-order valence-corrected chi connectivity index (χ1v) is 7.98. The number of halogens is 1. The molecular formula is C15H16ClN5O. The molecule has 22 heavy (non-hydrogen) atoms. The van der Waals surface area contributed by atoms with Gasteiger partial charge in [0.05, 0.1) is 10.9 Å². The van der Waals surface area contributed by atoms with Crippen molar-refractivity contribution in [3.63, 3.8) is 0 Å². The first kappa shape index (κ1) is 13.8. The van der Waals surface area contributed by atoms with E-state index in [9.17, 15) is 4.79 Å². The Bertz CT molecular complexity index is 807. The molecule has 0 bridgehead atoms. The molecule has 7 heteroatoms. The quantitative estimate of drug-likeness (QED) is 0.809. The van der Waals surface area contributed by atoms with Crippen molar-refractivity contribution >= 4 is 28.5 Å². The molecule has 4 rings (SSSR count). The van der Waals surface area contributed by atoms with Crippen LogP contribution in [0.2, 0.25) is 5.02 Å². The molecule has 0 spiro atoms. The highest BCUT2D eigenvalue weighted by molar-refractivity contribution is 6.31. The second-order valence-electron chi connectivity index (χ2n) is 5.76. The van der Waals surface area contributed by atoms with Crippen molar-refractivity contribution < 1.29 is 0 Å². The smallest absolute Gasteiger partial charge is 0.271 e. The largest absolute Gasteiger partial charge is 0.282 e. The van der Waals surface area contributed by atoms with Gasteiger partial charge in [-0.3, -0.25) is 14.3 Å². The molecule has 2 aliphatic heterocycles. The second-order valence-corrected chi connectivity index (χ2v) is 6.20. The Morgan fingerprint density at radius 1 is 1.14 bits per heavy atom. The molecule has 1 aromatic heterocycles. The highest BCUT2D eigenvalue weighted by Gasteiger charge is 2.29. The minimum atomic E-state index is -0.306. The lowest BCUT2D eigenvalue weighted by Gasteiger charge is -2.26. The Kier molecular flexibility index (Phi) is 3.43. The molecule has 6 nitrogen and oxygen atoms in total. The van der Waals surface area contributed by atoms with E-state index in [-0.39, 0.29) is 11.8 Å². The van der Waals surface area contributed by atoms with Gasteiger partial charge in [0.25, 0.3) is 11.5 Å². The fraction of sp³-hybridized carbons (Fsp3) is 0.467. The fourth-order valence-electron chi connectivity index (χ4n) is 3.22. The number of likely N-dealkylation sites (tertiary alicyclic amines) is 1. The molecule has 114 valence electrons. The molecule has 2 aliphatic rings. The number of rotatable bonds is 1. The van der Waals surface area contributed by atoms with Gasteiger partial charge in [-0.25, -0.2) is 0 Å². The van der Waals surface area contributed by atoms with Gasteiger partial charge in [0.2, 0.25) is 6.29 Å². The molecule has 0 aliphatic carbocycles. The van der Waals surface area contributed by atoms with Crippen LogP contribution in [0.1, 0.15) is 32.0 Å². The van der Waals surface area contributed by atoms with Crippen LogP contribution < -0.4 is 5.56 Å². The van der Waals surface area contributed by atoms with Gasteiger partial charge >= 0.3 is 0 Å². The predicted molar refractivity (Wildman–Crippen MR) is 84.6 cm³/mol. The lowest BCUT2D eigenvalue weighted by molar-refractivity contribution is 0.160. The average molecular weight is 318 g/mol. The first-order chi connectivity index (χ1) is 10.7. The number of aromatic nitrogens is 2. The molecule has 3 heterocycles. The lowest BCUT2D eigenvalue weighted by Crippen LogP contribution is -2.32. The SMILES string of the molecule is O=c1nc2n(c3ccc(Cl)cc13)C(N1CCCCCC1)N=N2. The Hall–Kier alpha value is -1.79. The van der Waals surface area contributed by atoms with E-state index in [0.717, 1.165) is 18.6 Å². The van der Waals surface area contributed by atoms with Gasteiger partial charge in [0.15, 0.2) is 0 Å². The summed E-state index contributed by atoms with van der Waals surface area (Å²) in [7, 11) is 0. The molecule has 2 aromatic rings. The minimum Gasteiger partial charge on any atom is -0.271 e. The van der Waals surface area contributed by atoms with Gasteiger partial charge in [0.1, 0.15) is 0 Å². The topological polar surface area (TPSA) is 62.9 Å². The van der Waals surface area contributed by atoms with Crippen LogP contribution in [0, 0.1) is 0 Å². The van der Waals surface area contributed by atoms with Crippen LogP contribution in [-0.2, 0) is 0 Å². The monoisotopic (exact) mass is 317 g/mol. The van der Waals surface area contributed by atoms with E-state index < -0.39 is 0 Å². The third-order valence-electron chi connectivity index (χ3n) is 4.31. The van der Waals surface area contributed by atoms with Crippen LogP contribution in [0.4, 0.5) is 5.95 Å². The van der Waals surface area contributed by atoms with Crippen molar-refractivity contribution in [1.82, 2.24) is 14.5 Å². The summed E-state index contributed by atoms with van der Waals surface area (Å²) in [6.07, 6.45) is 4.64. The predicted octanol–water partition coefficient (Wildman–Crippen LogP) is 3.48. The zero-order chi connectivity index (χ0) is 15.1. The number of nitrogens with zero attached hydrogens (tertiary/aromatic N) is 5. The van der Waals surface area contributed by atoms with Crippen molar-refractivity contribution in [3.8, 4) is 0 Å². The maximum absolute atomic E-state index is 12.1. The van der Waals surface area contributed by atoms with Gasteiger partial charge in [-0.2, -0.15) is 4.98 Å². The number of fused-ring (bicyclic) bond motifs is 3. The van der Waals surface area contributed by atoms with Crippen LogP contribution in [0.25, 0.3) is 10.9 Å². The Labute approximate surface area is 132 Å². The van der Waals surface area contributed by atoms with Gasteiger partial charge in [-0.1, -0.05) is 24.4 Å². The van der Waals surface area contributed by atoms with Crippen LogP contribution >= 0.6 is 11.6 Å². The Morgan fingerprint density at radius 3 is 2.68 bits per heavy atom. The summed E-state index contributed by atoms with van der Waals surface area (Å²) in [5, 5.41) is 9.53.